The Morgan fingerprint density at radius 1 is 0.938 bits per heavy atom. The van der Waals surface area contributed by atoms with Gasteiger partial charge in [-0.25, -0.2) is 4.98 Å². The average molecular weight is 213 g/mol. The molecule has 0 spiro atoms. The van der Waals surface area contributed by atoms with Crippen molar-refractivity contribution in [3.8, 4) is 11.3 Å². The van der Waals surface area contributed by atoms with Gasteiger partial charge >= 0.3 is 0 Å². The maximum Gasteiger partial charge on any atom is 0.142 e. The summed E-state index contributed by atoms with van der Waals surface area (Å²) in [5.74, 6) is 0.454. The van der Waals surface area contributed by atoms with E-state index in [9.17, 15) is 0 Å². The van der Waals surface area contributed by atoms with Gasteiger partial charge in [-0.15, -0.1) is 0 Å². The van der Waals surface area contributed by atoms with Crippen LogP contribution in [0.4, 0.5) is 5.82 Å². The third kappa shape index (κ3) is 1.89. The normalized spacial score (nSPS) is 10.4. The average Bonchev–Trinajstić information content (AvgIpc) is 2.23. The minimum atomic E-state index is 0.454. The van der Waals surface area contributed by atoms with E-state index in [1.807, 2.05) is 0 Å². The van der Waals surface area contributed by atoms with Gasteiger partial charge in [-0.2, -0.15) is 0 Å². The lowest BCUT2D eigenvalue weighted by molar-refractivity contribution is 1.20. The molecule has 0 saturated heterocycles. The van der Waals surface area contributed by atoms with E-state index in [-0.39, 0.29) is 0 Å². The summed E-state index contributed by atoms with van der Waals surface area (Å²) >= 11 is 0. The van der Waals surface area contributed by atoms with Gasteiger partial charge in [0.15, 0.2) is 0 Å². The van der Waals surface area contributed by atoms with Gasteiger partial charge < -0.3 is 5.73 Å². The van der Waals surface area contributed by atoms with Crippen molar-refractivity contribution in [2.45, 2.75) is 20.8 Å². The highest BCUT2D eigenvalue weighted by Crippen LogP contribution is 2.24. The van der Waals surface area contributed by atoms with Crippen LogP contribution < -0.4 is 5.73 Å². The highest BCUT2D eigenvalue weighted by atomic mass is 14.9. The number of aromatic nitrogens is 2. The SMILES string of the molecule is Cc1cc(C)c(-c2cncc(N)n2)cc1C. The molecule has 16 heavy (non-hydrogen) atoms. The summed E-state index contributed by atoms with van der Waals surface area (Å²) in [6.45, 7) is 6.28. The molecule has 0 radical (unpaired) electrons. The van der Waals surface area contributed by atoms with Gasteiger partial charge in [0, 0.05) is 5.56 Å². The van der Waals surface area contributed by atoms with E-state index < -0.39 is 0 Å². The molecule has 2 N–H and O–H groups in total. The second kappa shape index (κ2) is 3.93. The molecule has 1 aromatic heterocycles. The van der Waals surface area contributed by atoms with Crippen LogP contribution in [0.3, 0.4) is 0 Å². The number of hydrogen-bond donors (Lipinski definition) is 1. The van der Waals surface area contributed by atoms with E-state index in [1.54, 1.807) is 12.4 Å². The number of nitrogen functional groups attached to an aromatic ring is 1. The van der Waals surface area contributed by atoms with Crippen LogP contribution in [-0.4, -0.2) is 9.97 Å². The van der Waals surface area contributed by atoms with Crippen LogP contribution >= 0.6 is 0 Å². The third-order valence-electron chi connectivity index (χ3n) is 2.77. The van der Waals surface area contributed by atoms with E-state index in [0.717, 1.165) is 11.3 Å². The van der Waals surface area contributed by atoms with Crippen molar-refractivity contribution in [3.63, 3.8) is 0 Å². The lowest BCUT2D eigenvalue weighted by Crippen LogP contribution is -1.96. The fourth-order valence-electron chi connectivity index (χ4n) is 1.75. The van der Waals surface area contributed by atoms with Gasteiger partial charge in [-0.05, 0) is 43.5 Å². The van der Waals surface area contributed by atoms with Gasteiger partial charge in [0.2, 0.25) is 0 Å². The maximum atomic E-state index is 5.64. The molecule has 0 aliphatic rings. The number of rotatable bonds is 1. The number of benzene rings is 1. The molecular weight excluding hydrogens is 198 g/mol. The first-order valence-electron chi connectivity index (χ1n) is 5.23. The van der Waals surface area contributed by atoms with Crippen LogP contribution in [0.1, 0.15) is 16.7 Å². The van der Waals surface area contributed by atoms with Gasteiger partial charge in [-0.3, -0.25) is 4.98 Å². The minimum Gasteiger partial charge on any atom is -0.382 e. The van der Waals surface area contributed by atoms with Crippen molar-refractivity contribution in [2.24, 2.45) is 0 Å². The van der Waals surface area contributed by atoms with Crippen LogP contribution in [0.2, 0.25) is 0 Å². The number of anilines is 1. The van der Waals surface area contributed by atoms with Gasteiger partial charge in [0.25, 0.3) is 0 Å². The Bertz CT molecular complexity index is 533. The number of nitrogens with zero attached hydrogens (tertiary/aromatic N) is 2. The lowest BCUT2D eigenvalue weighted by atomic mass is 9.99. The van der Waals surface area contributed by atoms with Crippen molar-refractivity contribution < 1.29 is 0 Å². The van der Waals surface area contributed by atoms with E-state index in [2.05, 4.69) is 42.9 Å². The Labute approximate surface area is 95.4 Å². The van der Waals surface area contributed by atoms with Crippen molar-refractivity contribution in [3.05, 3.63) is 41.2 Å². The second-order valence-electron chi connectivity index (χ2n) is 4.08. The molecule has 0 aliphatic carbocycles. The van der Waals surface area contributed by atoms with Crippen LogP contribution in [0.15, 0.2) is 24.5 Å². The van der Waals surface area contributed by atoms with Crippen molar-refractivity contribution >= 4 is 5.82 Å². The predicted molar refractivity (Wildman–Crippen MR) is 66.1 cm³/mol. The molecule has 2 rings (SSSR count). The molecule has 0 bridgehead atoms. The van der Waals surface area contributed by atoms with Crippen molar-refractivity contribution in [2.75, 3.05) is 5.73 Å². The Kier molecular flexibility index (Phi) is 2.60. The second-order valence-corrected chi connectivity index (χ2v) is 4.08. The van der Waals surface area contributed by atoms with Crippen LogP contribution in [0, 0.1) is 20.8 Å². The largest absolute Gasteiger partial charge is 0.382 e. The Hall–Kier alpha value is -1.90. The monoisotopic (exact) mass is 213 g/mol. The Morgan fingerprint density at radius 3 is 2.31 bits per heavy atom. The Morgan fingerprint density at radius 2 is 1.62 bits per heavy atom. The zero-order valence-corrected chi connectivity index (χ0v) is 9.78. The zero-order chi connectivity index (χ0) is 11.7. The first kappa shape index (κ1) is 10.6. The molecule has 1 heterocycles. The number of nitrogens with two attached hydrogens (primary N) is 1. The minimum absolute atomic E-state index is 0.454. The molecule has 2 aromatic rings. The molecule has 3 nitrogen and oxygen atoms in total. The topological polar surface area (TPSA) is 51.8 Å². The van der Waals surface area contributed by atoms with Crippen LogP contribution in [-0.2, 0) is 0 Å². The van der Waals surface area contributed by atoms with Gasteiger partial charge in [0.1, 0.15) is 5.82 Å². The molecule has 0 unspecified atom stereocenters. The molecule has 0 atom stereocenters. The molecule has 82 valence electrons. The number of aryl methyl sites for hydroxylation is 3. The summed E-state index contributed by atoms with van der Waals surface area (Å²) in [6, 6.07) is 4.30. The molecule has 0 fully saturated rings. The summed E-state index contributed by atoms with van der Waals surface area (Å²) in [5.41, 5.74) is 11.3. The zero-order valence-electron chi connectivity index (χ0n) is 9.78. The first-order valence-corrected chi connectivity index (χ1v) is 5.23. The third-order valence-corrected chi connectivity index (χ3v) is 2.77. The van der Waals surface area contributed by atoms with Crippen molar-refractivity contribution in [1.82, 2.24) is 9.97 Å². The van der Waals surface area contributed by atoms with Gasteiger partial charge in [-0.1, -0.05) is 6.07 Å². The smallest absolute Gasteiger partial charge is 0.142 e. The lowest BCUT2D eigenvalue weighted by Gasteiger charge is -2.09. The van der Waals surface area contributed by atoms with Crippen LogP contribution in [0.25, 0.3) is 11.3 Å². The summed E-state index contributed by atoms with van der Waals surface area (Å²) in [7, 11) is 0. The highest BCUT2D eigenvalue weighted by Gasteiger charge is 2.06. The van der Waals surface area contributed by atoms with Crippen LogP contribution in [0.5, 0.6) is 0 Å². The maximum absolute atomic E-state index is 5.64. The standard InChI is InChI=1S/C13H15N3/c1-8-4-10(3)11(5-9(8)2)12-6-15-7-13(14)16-12/h4-7H,1-3H3,(H2,14,16). The fraction of sp³-hybridized carbons (Fsp3) is 0.231. The molecule has 1 aromatic carbocycles. The summed E-state index contributed by atoms with van der Waals surface area (Å²) < 4.78 is 0. The van der Waals surface area contributed by atoms with E-state index in [1.165, 1.54) is 16.7 Å². The fourth-order valence-corrected chi connectivity index (χ4v) is 1.75. The molecule has 0 saturated carbocycles. The van der Waals surface area contributed by atoms with E-state index >= 15 is 0 Å². The van der Waals surface area contributed by atoms with Gasteiger partial charge in [0.05, 0.1) is 18.1 Å². The first-order chi connectivity index (χ1) is 7.58. The summed E-state index contributed by atoms with van der Waals surface area (Å²) in [6.07, 6.45) is 3.30. The number of hydrogen-bond acceptors (Lipinski definition) is 3. The molecular formula is C13H15N3. The summed E-state index contributed by atoms with van der Waals surface area (Å²) in [5, 5.41) is 0. The summed E-state index contributed by atoms with van der Waals surface area (Å²) in [4.78, 5) is 8.36. The Balaban J connectivity index is 2.60. The van der Waals surface area contributed by atoms with Crippen molar-refractivity contribution in [1.29, 1.82) is 0 Å². The van der Waals surface area contributed by atoms with E-state index in [4.69, 9.17) is 5.73 Å². The molecule has 3 heteroatoms. The quantitative estimate of drug-likeness (QED) is 0.792. The predicted octanol–water partition coefficient (Wildman–Crippen LogP) is 2.65. The molecule has 0 amide bonds. The highest BCUT2D eigenvalue weighted by molar-refractivity contribution is 5.65. The van der Waals surface area contributed by atoms with E-state index in [0.29, 0.717) is 5.82 Å². The molecule has 0 aliphatic heterocycles.